The van der Waals surface area contributed by atoms with E-state index in [1.165, 1.54) is 4.90 Å². The number of carbonyl (C=O) groups excluding carboxylic acids is 4. The quantitative estimate of drug-likeness (QED) is 0.438. The van der Waals surface area contributed by atoms with E-state index in [1.807, 2.05) is 24.8 Å². The number of benzene rings is 1. The van der Waals surface area contributed by atoms with E-state index in [2.05, 4.69) is 30.2 Å². The second-order valence-corrected chi connectivity index (χ2v) is 10.8. The summed E-state index contributed by atoms with van der Waals surface area (Å²) >= 11 is 0. The third-order valence-corrected chi connectivity index (χ3v) is 7.15. The van der Waals surface area contributed by atoms with Gasteiger partial charge in [0.2, 0.25) is 5.91 Å². The summed E-state index contributed by atoms with van der Waals surface area (Å²) in [4.78, 5) is 55.9. The van der Waals surface area contributed by atoms with Crippen molar-refractivity contribution in [3.8, 4) is 0 Å². The van der Waals surface area contributed by atoms with Gasteiger partial charge in [0, 0.05) is 61.6 Å². The van der Waals surface area contributed by atoms with Crippen molar-refractivity contribution in [1.29, 1.82) is 0 Å². The summed E-state index contributed by atoms with van der Waals surface area (Å²) in [6.07, 6.45) is 0.720. The number of hydrogen-bond acceptors (Lipinski definition) is 5. The Labute approximate surface area is 212 Å². The standard InChI is InChI=1S/C28H36N4O4/c1-19-17-23(20(2)32(19)28(3,4)5)24(33)18-29-13-15-30(16-14-29)25(34)11-8-12-31-26(35)21-9-6-7-10-22(21)27(31)36/h6-7,9-10,17H,8,11-16,18H2,1-5H3. The maximum absolute atomic E-state index is 13.0. The first-order chi connectivity index (χ1) is 17.0. The minimum atomic E-state index is -0.287. The van der Waals surface area contributed by atoms with Crippen LogP contribution >= 0.6 is 0 Å². The second-order valence-electron chi connectivity index (χ2n) is 10.8. The number of piperazine rings is 1. The highest BCUT2D eigenvalue weighted by Crippen LogP contribution is 2.25. The Morgan fingerprint density at radius 2 is 1.50 bits per heavy atom. The highest BCUT2D eigenvalue weighted by molar-refractivity contribution is 6.21. The molecule has 2 aliphatic heterocycles. The van der Waals surface area contributed by atoms with Crippen LogP contribution in [-0.2, 0) is 10.3 Å². The molecule has 0 N–H and O–H groups in total. The fourth-order valence-electron chi connectivity index (χ4n) is 5.51. The van der Waals surface area contributed by atoms with Crippen molar-refractivity contribution in [2.24, 2.45) is 0 Å². The van der Waals surface area contributed by atoms with Gasteiger partial charge in [-0.1, -0.05) is 12.1 Å². The average molecular weight is 493 g/mol. The van der Waals surface area contributed by atoms with Crippen LogP contribution in [0.5, 0.6) is 0 Å². The monoisotopic (exact) mass is 492 g/mol. The van der Waals surface area contributed by atoms with Crippen LogP contribution in [0.25, 0.3) is 0 Å². The molecule has 8 nitrogen and oxygen atoms in total. The van der Waals surface area contributed by atoms with Gasteiger partial charge in [-0.25, -0.2) is 0 Å². The van der Waals surface area contributed by atoms with Crippen molar-refractivity contribution in [3.05, 3.63) is 58.4 Å². The zero-order valence-corrected chi connectivity index (χ0v) is 22.0. The van der Waals surface area contributed by atoms with E-state index >= 15 is 0 Å². The van der Waals surface area contributed by atoms with Gasteiger partial charge in [-0.2, -0.15) is 0 Å². The largest absolute Gasteiger partial charge is 0.343 e. The number of fused-ring (bicyclic) bond motifs is 1. The first-order valence-corrected chi connectivity index (χ1v) is 12.7. The normalized spacial score (nSPS) is 16.6. The highest BCUT2D eigenvalue weighted by atomic mass is 16.2. The molecule has 2 aromatic rings. The van der Waals surface area contributed by atoms with Crippen molar-refractivity contribution in [1.82, 2.24) is 19.3 Å². The van der Waals surface area contributed by atoms with E-state index in [1.54, 1.807) is 24.3 Å². The molecule has 1 aromatic carbocycles. The van der Waals surface area contributed by atoms with Crippen LogP contribution in [0, 0.1) is 13.8 Å². The molecule has 3 amide bonds. The van der Waals surface area contributed by atoms with Crippen LogP contribution in [0.15, 0.2) is 30.3 Å². The Hall–Kier alpha value is -3.26. The number of carbonyl (C=O) groups is 4. The molecule has 0 spiro atoms. The first kappa shape index (κ1) is 25.8. The van der Waals surface area contributed by atoms with E-state index < -0.39 is 0 Å². The van der Waals surface area contributed by atoms with Gasteiger partial charge in [0.1, 0.15) is 0 Å². The van der Waals surface area contributed by atoms with Gasteiger partial charge in [-0.3, -0.25) is 29.0 Å². The average Bonchev–Trinajstić information content (AvgIpc) is 3.27. The number of aryl methyl sites for hydroxylation is 1. The molecule has 8 heteroatoms. The number of nitrogens with zero attached hydrogens (tertiary/aromatic N) is 4. The molecule has 0 atom stereocenters. The minimum absolute atomic E-state index is 0.0197. The van der Waals surface area contributed by atoms with Gasteiger partial charge in [-0.15, -0.1) is 0 Å². The van der Waals surface area contributed by atoms with Crippen molar-refractivity contribution < 1.29 is 19.2 Å². The molecule has 4 rings (SSSR count). The lowest BCUT2D eigenvalue weighted by Gasteiger charge is -2.34. The predicted octanol–water partition coefficient (Wildman–Crippen LogP) is 3.26. The summed E-state index contributed by atoms with van der Waals surface area (Å²) in [5.41, 5.74) is 3.63. The van der Waals surface area contributed by atoms with E-state index in [4.69, 9.17) is 0 Å². The molecule has 36 heavy (non-hydrogen) atoms. The Kier molecular flexibility index (Phi) is 7.18. The van der Waals surface area contributed by atoms with Crippen LogP contribution < -0.4 is 0 Å². The third-order valence-electron chi connectivity index (χ3n) is 7.15. The van der Waals surface area contributed by atoms with Crippen molar-refractivity contribution >= 4 is 23.5 Å². The van der Waals surface area contributed by atoms with E-state index in [9.17, 15) is 19.2 Å². The lowest BCUT2D eigenvalue weighted by molar-refractivity contribution is -0.133. The molecular weight excluding hydrogens is 456 g/mol. The van der Waals surface area contributed by atoms with Gasteiger partial charge < -0.3 is 9.47 Å². The summed E-state index contributed by atoms with van der Waals surface area (Å²) in [5, 5.41) is 0. The van der Waals surface area contributed by atoms with Gasteiger partial charge in [0.15, 0.2) is 5.78 Å². The van der Waals surface area contributed by atoms with Crippen LogP contribution in [-0.4, -0.2) is 82.0 Å². The van der Waals surface area contributed by atoms with Crippen LogP contribution in [0.2, 0.25) is 0 Å². The molecule has 0 bridgehead atoms. The molecule has 1 fully saturated rings. The zero-order valence-electron chi connectivity index (χ0n) is 22.0. The lowest BCUT2D eigenvalue weighted by Crippen LogP contribution is -2.50. The summed E-state index contributed by atoms with van der Waals surface area (Å²) in [6, 6.07) is 8.79. The highest BCUT2D eigenvalue weighted by Gasteiger charge is 2.35. The molecule has 1 saturated heterocycles. The number of ketones is 1. The van der Waals surface area contributed by atoms with Crippen LogP contribution in [0.3, 0.4) is 0 Å². The fourth-order valence-corrected chi connectivity index (χ4v) is 5.51. The van der Waals surface area contributed by atoms with Crippen molar-refractivity contribution in [2.45, 2.75) is 53.0 Å². The van der Waals surface area contributed by atoms with E-state index in [0.717, 1.165) is 17.0 Å². The van der Waals surface area contributed by atoms with Crippen LogP contribution in [0.4, 0.5) is 0 Å². The summed E-state index contributed by atoms with van der Waals surface area (Å²) in [5.74, 6) is -0.445. The summed E-state index contributed by atoms with van der Waals surface area (Å²) in [6.45, 7) is 13.5. The van der Waals surface area contributed by atoms with Gasteiger partial charge in [0.05, 0.1) is 17.7 Å². The molecule has 0 unspecified atom stereocenters. The number of rotatable bonds is 7. The zero-order chi connectivity index (χ0) is 26.2. The van der Waals surface area contributed by atoms with Gasteiger partial charge in [-0.05, 0) is 59.2 Å². The first-order valence-electron chi connectivity index (χ1n) is 12.7. The Morgan fingerprint density at radius 1 is 0.917 bits per heavy atom. The minimum Gasteiger partial charge on any atom is -0.343 e. The van der Waals surface area contributed by atoms with Crippen LogP contribution in [0.1, 0.15) is 76.1 Å². The summed E-state index contributed by atoms with van der Waals surface area (Å²) < 4.78 is 2.21. The molecule has 0 radical (unpaired) electrons. The Balaban J connectivity index is 1.24. The topological polar surface area (TPSA) is 82.9 Å². The maximum Gasteiger partial charge on any atom is 0.261 e. The number of amides is 3. The predicted molar refractivity (Wildman–Crippen MR) is 137 cm³/mol. The third kappa shape index (κ3) is 5.00. The van der Waals surface area contributed by atoms with E-state index in [-0.39, 0.29) is 42.0 Å². The number of Topliss-reactive ketones (excluding diaryl/α,β-unsaturated/α-hetero) is 1. The molecule has 192 valence electrons. The second kappa shape index (κ2) is 10.0. The Bertz CT molecular complexity index is 1160. The molecule has 0 aliphatic carbocycles. The number of imide groups is 1. The Morgan fingerprint density at radius 3 is 2.03 bits per heavy atom. The number of hydrogen-bond donors (Lipinski definition) is 0. The van der Waals surface area contributed by atoms with E-state index in [0.29, 0.717) is 50.3 Å². The smallest absolute Gasteiger partial charge is 0.261 e. The maximum atomic E-state index is 13.0. The fraction of sp³-hybridized carbons (Fsp3) is 0.500. The lowest BCUT2D eigenvalue weighted by atomic mass is 10.1. The molecular formula is C28H36N4O4. The molecule has 0 saturated carbocycles. The van der Waals surface area contributed by atoms with Crippen molar-refractivity contribution in [2.75, 3.05) is 39.3 Å². The number of aromatic nitrogens is 1. The molecule has 1 aromatic heterocycles. The summed E-state index contributed by atoms with van der Waals surface area (Å²) in [7, 11) is 0. The van der Waals surface area contributed by atoms with Gasteiger partial charge >= 0.3 is 0 Å². The van der Waals surface area contributed by atoms with Gasteiger partial charge in [0.25, 0.3) is 11.8 Å². The SMILES string of the molecule is Cc1cc(C(=O)CN2CCN(C(=O)CCCN3C(=O)c4ccccc4C3=O)CC2)c(C)n1C(C)(C)C. The van der Waals surface area contributed by atoms with Crippen molar-refractivity contribution in [3.63, 3.8) is 0 Å². The molecule has 3 heterocycles. The molecule has 2 aliphatic rings.